The number of carbonyl (C=O) groups is 1. The van der Waals surface area contributed by atoms with E-state index < -0.39 is 0 Å². The molecule has 0 aliphatic heterocycles. The zero-order valence-electron chi connectivity index (χ0n) is 16.1. The fourth-order valence-electron chi connectivity index (χ4n) is 3.78. The van der Waals surface area contributed by atoms with Crippen molar-refractivity contribution in [2.24, 2.45) is 0 Å². The van der Waals surface area contributed by atoms with Crippen molar-refractivity contribution in [1.29, 1.82) is 0 Å². The topological polar surface area (TPSA) is 60.7 Å². The van der Waals surface area contributed by atoms with Gasteiger partial charge in [-0.1, -0.05) is 36.4 Å². The van der Waals surface area contributed by atoms with Gasteiger partial charge in [0.2, 0.25) is 0 Å². The molecule has 28 heavy (non-hydrogen) atoms. The fourth-order valence-corrected chi connectivity index (χ4v) is 3.78. The van der Waals surface area contributed by atoms with Crippen LogP contribution in [-0.2, 0) is 17.9 Å². The highest BCUT2D eigenvalue weighted by Crippen LogP contribution is 2.28. The van der Waals surface area contributed by atoms with Crippen LogP contribution < -0.4 is 10.1 Å². The number of hydrogen-bond donors (Lipinski definition) is 1. The van der Waals surface area contributed by atoms with Gasteiger partial charge in [-0.2, -0.15) is 0 Å². The van der Waals surface area contributed by atoms with Gasteiger partial charge in [-0.15, -0.1) is 0 Å². The molecule has 2 aromatic carbocycles. The Kier molecular flexibility index (Phi) is 5.63. The summed E-state index contributed by atoms with van der Waals surface area (Å²) in [6, 6.07) is 15.5. The van der Waals surface area contributed by atoms with Gasteiger partial charge < -0.3 is 19.2 Å². The molecule has 0 atom stereocenters. The van der Waals surface area contributed by atoms with Crippen molar-refractivity contribution in [2.45, 2.75) is 44.9 Å². The van der Waals surface area contributed by atoms with Gasteiger partial charge in [0.15, 0.2) is 5.76 Å². The molecule has 0 bridgehead atoms. The Hall–Kier alpha value is -2.79. The zero-order chi connectivity index (χ0) is 19.3. The van der Waals surface area contributed by atoms with E-state index >= 15 is 0 Å². The molecule has 1 aliphatic carbocycles. The van der Waals surface area contributed by atoms with Gasteiger partial charge in [0.25, 0.3) is 5.91 Å². The summed E-state index contributed by atoms with van der Waals surface area (Å²) in [6.45, 7) is 0.701. The van der Waals surface area contributed by atoms with E-state index in [1.807, 2.05) is 48.5 Å². The van der Waals surface area contributed by atoms with E-state index in [0.29, 0.717) is 24.5 Å². The molecule has 1 fully saturated rings. The number of furan rings is 1. The number of methoxy groups -OCH3 is 1. The third kappa shape index (κ3) is 3.90. The molecule has 3 aromatic rings. The van der Waals surface area contributed by atoms with Gasteiger partial charge in [0.05, 0.1) is 12.7 Å². The number of para-hydroxylation sites is 2. The lowest BCUT2D eigenvalue weighted by Gasteiger charge is -2.16. The van der Waals surface area contributed by atoms with E-state index in [2.05, 4.69) is 5.32 Å². The standard InChI is InChI=1S/C23H25NO4/c1-26-15-19-18-11-5-7-13-21(18)28-22(19)23(25)24-14-16-8-2-6-12-20(16)27-17-9-3-4-10-17/h2,5-8,11-13,17H,3-4,9-10,14-15H2,1H3,(H,24,25). The summed E-state index contributed by atoms with van der Waals surface area (Å²) in [5.41, 5.74) is 2.42. The summed E-state index contributed by atoms with van der Waals surface area (Å²) in [5, 5.41) is 3.87. The van der Waals surface area contributed by atoms with Crippen molar-refractivity contribution in [3.8, 4) is 5.75 Å². The minimum atomic E-state index is -0.251. The average molecular weight is 379 g/mol. The molecule has 5 heteroatoms. The number of hydrogen-bond acceptors (Lipinski definition) is 4. The number of carbonyl (C=O) groups excluding carboxylic acids is 1. The van der Waals surface area contributed by atoms with Crippen LogP contribution in [0.15, 0.2) is 52.9 Å². The molecular weight excluding hydrogens is 354 g/mol. The monoisotopic (exact) mass is 379 g/mol. The Morgan fingerprint density at radius 2 is 1.86 bits per heavy atom. The molecule has 1 aliphatic rings. The van der Waals surface area contributed by atoms with E-state index in [9.17, 15) is 4.79 Å². The van der Waals surface area contributed by atoms with Gasteiger partial charge in [0.1, 0.15) is 11.3 Å². The number of benzene rings is 2. The molecule has 0 unspecified atom stereocenters. The largest absolute Gasteiger partial charge is 0.490 e. The van der Waals surface area contributed by atoms with Gasteiger partial charge >= 0.3 is 0 Å². The van der Waals surface area contributed by atoms with Gasteiger partial charge in [-0.3, -0.25) is 4.79 Å². The Morgan fingerprint density at radius 3 is 2.68 bits per heavy atom. The fraction of sp³-hybridized carbons (Fsp3) is 0.348. The number of ether oxygens (including phenoxy) is 2. The molecule has 4 rings (SSSR count). The van der Waals surface area contributed by atoms with Crippen molar-refractivity contribution < 1.29 is 18.7 Å². The van der Waals surface area contributed by atoms with Crippen molar-refractivity contribution in [1.82, 2.24) is 5.32 Å². The molecule has 5 nitrogen and oxygen atoms in total. The van der Waals surface area contributed by atoms with Crippen LogP contribution in [0.4, 0.5) is 0 Å². The molecule has 1 amide bonds. The van der Waals surface area contributed by atoms with Gasteiger partial charge in [0, 0.05) is 30.2 Å². The van der Waals surface area contributed by atoms with E-state index in [1.54, 1.807) is 7.11 Å². The molecule has 1 aromatic heterocycles. The predicted molar refractivity (Wildman–Crippen MR) is 107 cm³/mol. The highest BCUT2D eigenvalue weighted by Gasteiger charge is 2.21. The Labute approximate surface area is 164 Å². The van der Waals surface area contributed by atoms with Crippen LogP contribution in [0.3, 0.4) is 0 Å². The third-order valence-corrected chi connectivity index (χ3v) is 5.20. The smallest absolute Gasteiger partial charge is 0.287 e. The predicted octanol–water partition coefficient (Wildman–Crippen LogP) is 4.83. The molecule has 0 radical (unpaired) electrons. The minimum absolute atomic E-state index is 0.251. The highest BCUT2D eigenvalue weighted by molar-refractivity contribution is 5.99. The minimum Gasteiger partial charge on any atom is -0.490 e. The third-order valence-electron chi connectivity index (χ3n) is 5.20. The highest BCUT2D eigenvalue weighted by atomic mass is 16.5. The molecule has 0 saturated heterocycles. The lowest BCUT2D eigenvalue weighted by molar-refractivity contribution is 0.0918. The normalized spacial score (nSPS) is 14.5. The van der Waals surface area contributed by atoms with Crippen molar-refractivity contribution in [3.63, 3.8) is 0 Å². The summed E-state index contributed by atoms with van der Waals surface area (Å²) in [5.74, 6) is 0.896. The van der Waals surface area contributed by atoms with Gasteiger partial charge in [-0.25, -0.2) is 0 Å². The van der Waals surface area contributed by atoms with Crippen LogP contribution in [-0.4, -0.2) is 19.1 Å². The van der Waals surface area contributed by atoms with Crippen LogP contribution in [0.25, 0.3) is 11.0 Å². The number of fused-ring (bicyclic) bond motifs is 1. The molecule has 1 heterocycles. The first-order valence-electron chi connectivity index (χ1n) is 9.78. The second-order valence-corrected chi connectivity index (χ2v) is 7.15. The Balaban J connectivity index is 1.51. The summed E-state index contributed by atoms with van der Waals surface area (Å²) >= 11 is 0. The maximum absolute atomic E-state index is 12.8. The van der Waals surface area contributed by atoms with Crippen LogP contribution in [0.1, 0.15) is 47.4 Å². The maximum Gasteiger partial charge on any atom is 0.287 e. The second kappa shape index (κ2) is 8.48. The van der Waals surface area contributed by atoms with E-state index in [0.717, 1.165) is 35.1 Å². The van der Waals surface area contributed by atoms with Crippen LogP contribution in [0.5, 0.6) is 5.75 Å². The maximum atomic E-state index is 12.8. The molecule has 1 N–H and O–H groups in total. The summed E-state index contributed by atoms with van der Waals surface area (Å²) in [6.07, 6.45) is 4.91. The Morgan fingerprint density at radius 1 is 1.11 bits per heavy atom. The number of nitrogens with one attached hydrogen (secondary N) is 1. The lowest BCUT2D eigenvalue weighted by atomic mass is 10.1. The first kappa shape index (κ1) is 18.6. The second-order valence-electron chi connectivity index (χ2n) is 7.15. The van der Waals surface area contributed by atoms with Gasteiger partial charge in [-0.05, 0) is 37.8 Å². The van der Waals surface area contributed by atoms with E-state index in [4.69, 9.17) is 13.9 Å². The van der Waals surface area contributed by atoms with Crippen molar-refractivity contribution in [2.75, 3.05) is 7.11 Å². The first-order valence-corrected chi connectivity index (χ1v) is 9.78. The molecule has 146 valence electrons. The van der Waals surface area contributed by atoms with E-state index in [-0.39, 0.29) is 12.0 Å². The average Bonchev–Trinajstić information content (AvgIpc) is 3.36. The molecular formula is C23H25NO4. The van der Waals surface area contributed by atoms with E-state index in [1.165, 1.54) is 12.8 Å². The summed E-state index contributed by atoms with van der Waals surface area (Å²) < 4.78 is 17.3. The quantitative estimate of drug-likeness (QED) is 0.639. The first-order chi connectivity index (χ1) is 13.8. The zero-order valence-corrected chi connectivity index (χ0v) is 16.1. The van der Waals surface area contributed by atoms with Crippen LogP contribution in [0.2, 0.25) is 0 Å². The summed E-state index contributed by atoms with van der Waals surface area (Å²) in [7, 11) is 1.61. The Bertz CT molecular complexity index is 956. The summed E-state index contributed by atoms with van der Waals surface area (Å²) in [4.78, 5) is 12.8. The molecule has 1 saturated carbocycles. The SMILES string of the molecule is COCc1c(C(=O)NCc2ccccc2OC2CCCC2)oc2ccccc12. The number of amides is 1. The van der Waals surface area contributed by atoms with Crippen molar-refractivity contribution >= 4 is 16.9 Å². The molecule has 0 spiro atoms. The van der Waals surface area contributed by atoms with Crippen molar-refractivity contribution in [3.05, 3.63) is 65.4 Å². The number of rotatable bonds is 7. The lowest BCUT2D eigenvalue weighted by Crippen LogP contribution is -2.24. The van der Waals surface area contributed by atoms with Crippen LogP contribution >= 0.6 is 0 Å². The van der Waals surface area contributed by atoms with Crippen LogP contribution in [0, 0.1) is 0 Å².